The Kier molecular flexibility index (Phi) is 8.95. The fourth-order valence-corrected chi connectivity index (χ4v) is 9.56. The van der Waals surface area contributed by atoms with Gasteiger partial charge in [-0.1, -0.05) is 53.9 Å². The summed E-state index contributed by atoms with van der Waals surface area (Å²) in [5, 5.41) is 4.61. The zero-order valence-corrected chi connectivity index (χ0v) is 35.5. The van der Waals surface area contributed by atoms with Crippen molar-refractivity contribution in [3.8, 4) is 22.6 Å². The van der Waals surface area contributed by atoms with Crippen molar-refractivity contribution in [2.75, 3.05) is 0 Å². The molecule has 0 amide bonds. The number of aromatic nitrogens is 3. The molecule has 4 nitrogen and oxygen atoms in total. The van der Waals surface area contributed by atoms with Crippen LogP contribution in [-0.4, -0.2) is 27.8 Å². The standard InChI is InChI=1S/C26H19N2O.C20H28GeN.Ir/c1-16(2)28-22-13-11-17-7-3-4-8-19(17)25(22)27-26(28)18-12-14-24-21(15-18)20-9-5-6-10-23(20)29-24;1-15-8-10-16(11-9-15)19-12-17(13-20(2,3)4)18(14-22-19)21(5,6)7;/h3-11,13-16H,1-2H3;8-10,12,14H,13H2,1-7H3;/q2*-1;/i;1D3,13D2;. The van der Waals surface area contributed by atoms with Crippen LogP contribution in [0.5, 0.6) is 0 Å². The molecule has 3 heterocycles. The Morgan fingerprint density at radius 1 is 0.846 bits per heavy atom. The van der Waals surface area contributed by atoms with Crippen LogP contribution in [0.15, 0.2) is 108 Å². The number of benzene rings is 5. The number of pyridine rings is 1. The van der Waals surface area contributed by atoms with Crippen LogP contribution in [0.2, 0.25) is 17.3 Å². The number of aryl methyl sites for hydroxylation is 1. The first-order chi connectivity index (χ1) is 26.3. The SMILES string of the molecule is CC(C)n1c(-c2[c-]cc3oc4ccccc4c3c2)nc2c3ccccc3ccc21.[2H]C([2H])([2H])c1c[c-]c(-c2cc(C([2H])([2H])C(C)(C)C)[c]([Ge]([CH3])([CH3])[CH3])cn2)cc1.[Ir]. The van der Waals surface area contributed by atoms with E-state index in [4.69, 9.17) is 16.3 Å². The molecular formula is C46H47GeIrN3O-2. The predicted molar refractivity (Wildman–Crippen MR) is 219 cm³/mol. The molecule has 52 heavy (non-hydrogen) atoms. The van der Waals surface area contributed by atoms with Crippen LogP contribution in [0.25, 0.3) is 66.4 Å². The van der Waals surface area contributed by atoms with Gasteiger partial charge in [0.1, 0.15) is 5.58 Å². The van der Waals surface area contributed by atoms with Gasteiger partial charge in [-0.15, -0.1) is 23.8 Å². The van der Waals surface area contributed by atoms with Gasteiger partial charge in [0.15, 0.2) is 0 Å². The van der Waals surface area contributed by atoms with E-state index in [1.54, 1.807) is 12.1 Å². The Morgan fingerprint density at radius 2 is 1.58 bits per heavy atom. The van der Waals surface area contributed by atoms with E-state index >= 15 is 0 Å². The third kappa shape index (κ3) is 7.69. The van der Waals surface area contributed by atoms with Crippen molar-refractivity contribution in [3.63, 3.8) is 0 Å². The average molecular weight is 928 g/mol. The second-order valence-corrected chi connectivity index (χ2v) is 26.1. The zero-order chi connectivity index (χ0) is 40.4. The summed E-state index contributed by atoms with van der Waals surface area (Å²) in [5.74, 6) is 7.64. The summed E-state index contributed by atoms with van der Waals surface area (Å²) in [7, 11) is 0. The van der Waals surface area contributed by atoms with E-state index in [-0.39, 0.29) is 31.7 Å². The minimum absolute atomic E-state index is 0. The number of fused-ring (bicyclic) bond motifs is 6. The molecule has 8 aromatic rings. The van der Waals surface area contributed by atoms with Gasteiger partial charge in [-0.3, -0.25) is 4.98 Å². The molecule has 0 saturated carbocycles. The predicted octanol–water partition coefficient (Wildman–Crippen LogP) is 12.1. The molecule has 0 unspecified atom stereocenters. The zero-order valence-electron chi connectivity index (χ0n) is 36.0. The topological polar surface area (TPSA) is 43.9 Å². The Balaban J connectivity index is 0.000000190. The fraction of sp³-hybridized carbons (Fsp3) is 0.261. The number of hydrogen-bond acceptors (Lipinski definition) is 3. The molecule has 3 aromatic heterocycles. The van der Waals surface area contributed by atoms with Crippen LogP contribution in [0.4, 0.5) is 0 Å². The van der Waals surface area contributed by atoms with Crippen molar-refractivity contribution >= 4 is 61.4 Å². The van der Waals surface area contributed by atoms with Gasteiger partial charge in [0, 0.05) is 36.9 Å². The third-order valence-electron chi connectivity index (χ3n) is 8.96. The van der Waals surface area contributed by atoms with Crippen molar-refractivity contribution < 1.29 is 31.4 Å². The number of furan rings is 1. The van der Waals surface area contributed by atoms with E-state index in [1.807, 2.05) is 57.3 Å². The maximum absolute atomic E-state index is 8.80. The molecule has 8 rings (SSSR count). The monoisotopic (exact) mass is 929 g/mol. The van der Waals surface area contributed by atoms with Gasteiger partial charge in [-0.25, -0.2) is 0 Å². The molecule has 0 spiro atoms. The summed E-state index contributed by atoms with van der Waals surface area (Å²) >= 11 is -2.36. The first-order valence-electron chi connectivity index (χ1n) is 20.0. The molecule has 267 valence electrons. The van der Waals surface area contributed by atoms with E-state index in [0.29, 0.717) is 16.8 Å². The molecule has 0 aliphatic carbocycles. The molecule has 1 radical (unpaired) electrons. The van der Waals surface area contributed by atoms with Crippen molar-refractivity contribution in [1.82, 2.24) is 14.5 Å². The number of imidazole rings is 1. The second kappa shape index (κ2) is 14.8. The van der Waals surface area contributed by atoms with Crippen LogP contribution >= 0.6 is 0 Å². The molecule has 0 aliphatic heterocycles. The minimum Gasteiger partial charge on any atom is 0 e. The quantitative estimate of drug-likeness (QED) is 0.128. The Bertz CT molecular complexity index is 2720. The first kappa shape index (κ1) is 31.5. The molecular weight excluding hydrogens is 875 g/mol. The van der Waals surface area contributed by atoms with Crippen LogP contribution in [-0.2, 0) is 26.5 Å². The summed E-state index contributed by atoms with van der Waals surface area (Å²) < 4.78 is 49.4. The van der Waals surface area contributed by atoms with Gasteiger partial charge in [0.2, 0.25) is 0 Å². The van der Waals surface area contributed by atoms with Gasteiger partial charge < -0.3 is 8.98 Å². The van der Waals surface area contributed by atoms with E-state index < -0.39 is 31.9 Å². The Labute approximate surface area is 331 Å². The summed E-state index contributed by atoms with van der Waals surface area (Å²) in [4.78, 5) is 9.68. The first-order valence-corrected chi connectivity index (χ1v) is 24.9. The molecule has 5 aromatic carbocycles. The average Bonchev–Trinajstić information content (AvgIpc) is 3.73. The number of para-hydroxylation sites is 1. The van der Waals surface area contributed by atoms with Gasteiger partial charge in [-0.05, 0) is 31.4 Å². The van der Waals surface area contributed by atoms with Gasteiger partial charge >= 0.3 is 145 Å². The molecule has 6 heteroatoms. The van der Waals surface area contributed by atoms with E-state index in [1.165, 1.54) is 16.8 Å². The van der Waals surface area contributed by atoms with Crippen molar-refractivity contribution in [1.29, 1.82) is 0 Å². The summed E-state index contributed by atoms with van der Waals surface area (Å²) in [6, 6.07) is 38.3. The van der Waals surface area contributed by atoms with Gasteiger partial charge in [0.25, 0.3) is 0 Å². The summed E-state index contributed by atoms with van der Waals surface area (Å²) in [6.45, 7) is 7.95. The smallest absolute Gasteiger partial charge is 0 e. The third-order valence-corrected chi connectivity index (χ3v) is 13.2. The number of nitrogens with zero attached hydrogens (tertiary/aromatic N) is 3. The van der Waals surface area contributed by atoms with Gasteiger partial charge in [0.05, 0.1) is 22.4 Å². The summed E-state index contributed by atoms with van der Waals surface area (Å²) in [5.41, 5.74) is 6.58. The number of hydrogen-bond donors (Lipinski definition) is 0. The van der Waals surface area contributed by atoms with Crippen molar-refractivity contribution in [2.45, 2.75) is 71.2 Å². The molecule has 0 N–H and O–H groups in total. The van der Waals surface area contributed by atoms with Crippen LogP contribution in [0.1, 0.15) is 58.6 Å². The molecule has 0 bridgehead atoms. The largest absolute Gasteiger partial charge is 0 e. The van der Waals surface area contributed by atoms with Crippen molar-refractivity contribution in [2.24, 2.45) is 5.41 Å². The molecule has 0 aliphatic rings. The maximum Gasteiger partial charge on any atom is 0 e. The van der Waals surface area contributed by atoms with Crippen molar-refractivity contribution in [3.05, 3.63) is 127 Å². The van der Waals surface area contributed by atoms with Gasteiger partial charge in [-0.2, -0.15) is 0 Å². The molecule has 0 atom stereocenters. The van der Waals surface area contributed by atoms with E-state index in [9.17, 15) is 0 Å². The Morgan fingerprint density at radius 3 is 2.27 bits per heavy atom. The van der Waals surface area contributed by atoms with Crippen LogP contribution < -0.4 is 4.40 Å². The molecule has 0 saturated heterocycles. The fourth-order valence-electron chi connectivity index (χ4n) is 6.63. The van der Waals surface area contributed by atoms with Crippen LogP contribution in [0, 0.1) is 24.4 Å². The Hall–Kier alpha value is -4.03. The molecule has 0 fully saturated rings. The second-order valence-electron chi connectivity index (χ2n) is 15.5. The number of rotatable bonds is 5. The van der Waals surface area contributed by atoms with E-state index in [2.05, 4.69) is 101 Å². The minimum atomic E-state index is -2.36. The maximum atomic E-state index is 8.80. The van der Waals surface area contributed by atoms with E-state index in [0.717, 1.165) is 48.8 Å². The van der Waals surface area contributed by atoms with Crippen LogP contribution in [0.3, 0.4) is 0 Å². The summed E-state index contributed by atoms with van der Waals surface area (Å²) in [6.07, 6.45) is 0.303. The normalized spacial score (nSPS) is 14.0.